The molecule has 0 aromatic rings. The third-order valence-corrected chi connectivity index (χ3v) is 1.52. The zero-order valence-corrected chi connectivity index (χ0v) is 8.38. The van der Waals surface area contributed by atoms with Crippen molar-refractivity contribution in [2.24, 2.45) is 0 Å². The monoisotopic (exact) mass is 187 g/mol. The summed E-state index contributed by atoms with van der Waals surface area (Å²) in [7, 11) is 0. The predicted molar refractivity (Wildman–Crippen MR) is 51.3 cm³/mol. The molecule has 0 saturated heterocycles. The normalized spacial score (nSPS) is 10.0. The van der Waals surface area contributed by atoms with Crippen LogP contribution >= 0.6 is 0 Å². The molecule has 0 aromatic carbocycles. The Kier molecular flexibility index (Phi) is 9.10. The number of esters is 1. The molecule has 0 spiro atoms. The van der Waals surface area contributed by atoms with Crippen molar-refractivity contribution in [1.82, 2.24) is 0 Å². The summed E-state index contributed by atoms with van der Waals surface area (Å²) in [4.78, 5) is 10.7. The second-order valence-electron chi connectivity index (χ2n) is 2.75. The Labute approximate surface area is 80.4 Å². The highest BCUT2D eigenvalue weighted by molar-refractivity contribution is 5.68. The maximum absolute atomic E-state index is 10.7. The van der Waals surface area contributed by atoms with Crippen LogP contribution in [0, 0.1) is 6.92 Å². The fraction of sp³-hybridized carbons (Fsp3) is 0.800. The molecule has 0 heterocycles. The minimum Gasteiger partial charge on any atom is -0.466 e. The molecule has 0 atom stereocenters. The summed E-state index contributed by atoms with van der Waals surface area (Å²) in [6, 6.07) is 0. The topological polar surface area (TPSA) is 35.5 Å². The molecule has 13 heavy (non-hydrogen) atoms. The number of unbranched alkanes of at least 4 members (excludes halogenated alkanes) is 1. The van der Waals surface area contributed by atoms with Crippen LogP contribution in [-0.2, 0) is 14.3 Å². The number of carbonyl (C=O) groups excluding carboxylic acids is 1. The Morgan fingerprint density at radius 2 is 1.92 bits per heavy atom. The van der Waals surface area contributed by atoms with Crippen LogP contribution in [0.4, 0.5) is 0 Å². The Hall–Kier alpha value is -0.570. The van der Waals surface area contributed by atoms with Crippen LogP contribution in [0.5, 0.6) is 0 Å². The van der Waals surface area contributed by atoms with Gasteiger partial charge in [-0.15, -0.1) is 0 Å². The van der Waals surface area contributed by atoms with Crippen molar-refractivity contribution in [2.75, 3.05) is 19.8 Å². The van der Waals surface area contributed by atoms with Gasteiger partial charge in [-0.3, -0.25) is 4.79 Å². The molecule has 0 aliphatic rings. The summed E-state index contributed by atoms with van der Waals surface area (Å²) in [5, 5.41) is 0. The standard InChI is InChI=1S/C10H19O3/c1-3-7-12-8-5-6-9-13-10(11)4-2/h1,3-9H2,2H3. The predicted octanol–water partition coefficient (Wildman–Crippen LogP) is 1.96. The molecule has 0 amide bonds. The third kappa shape index (κ3) is 9.34. The lowest BCUT2D eigenvalue weighted by atomic mass is 10.3. The van der Waals surface area contributed by atoms with E-state index in [1.807, 2.05) is 0 Å². The first-order valence-corrected chi connectivity index (χ1v) is 4.83. The van der Waals surface area contributed by atoms with Crippen molar-refractivity contribution in [1.29, 1.82) is 0 Å². The van der Waals surface area contributed by atoms with Gasteiger partial charge < -0.3 is 9.47 Å². The number of ether oxygens (including phenoxy) is 2. The SMILES string of the molecule is [CH2]CCOCCCCOC(=O)CC. The van der Waals surface area contributed by atoms with Gasteiger partial charge in [-0.2, -0.15) is 0 Å². The van der Waals surface area contributed by atoms with Crippen molar-refractivity contribution < 1.29 is 14.3 Å². The van der Waals surface area contributed by atoms with Crippen LogP contribution in [0.2, 0.25) is 0 Å². The van der Waals surface area contributed by atoms with E-state index in [9.17, 15) is 4.79 Å². The highest BCUT2D eigenvalue weighted by Gasteiger charge is 1.96. The van der Waals surface area contributed by atoms with Crippen LogP contribution in [0.3, 0.4) is 0 Å². The number of carbonyl (C=O) groups is 1. The van der Waals surface area contributed by atoms with Crippen LogP contribution < -0.4 is 0 Å². The van der Waals surface area contributed by atoms with E-state index >= 15 is 0 Å². The summed E-state index contributed by atoms with van der Waals surface area (Å²) in [6.45, 7) is 7.42. The van der Waals surface area contributed by atoms with Crippen LogP contribution in [0.15, 0.2) is 0 Å². The first kappa shape index (κ1) is 12.4. The lowest BCUT2D eigenvalue weighted by Gasteiger charge is -2.03. The molecular formula is C10H19O3. The highest BCUT2D eigenvalue weighted by atomic mass is 16.5. The van der Waals surface area contributed by atoms with Gasteiger partial charge in [-0.1, -0.05) is 13.8 Å². The van der Waals surface area contributed by atoms with Gasteiger partial charge in [0, 0.05) is 19.6 Å². The lowest BCUT2D eigenvalue weighted by molar-refractivity contribution is -0.143. The molecule has 77 valence electrons. The van der Waals surface area contributed by atoms with Gasteiger partial charge >= 0.3 is 5.97 Å². The quantitative estimate of drug-likeness (QED) is 0.430. The molecule has 0 aromatic heterocycles. The molecule has 0 bridgehead atoms. The van der Waals surface area contributed by atoms with Gasteiger partial charge in [0.05, 0.1) is 6.61 Å². The van der Waals surface area contributed by atoms with E-state index in [-0.39, 0.29) is 5.97 Å². The van der Waals surface area contributed by atoms with Gasteiger partial charge in [-0.05, 0) is 19.3 Å². The number of hydrogen-bond acceptors (Lipinski definition) is 3. The van der Waals surface area contributed by atoms with Crippen molar-refractivity contribution in [3.8, 4) is 0 Å². The maximum atomic E-state index is 10.7. The lowest BCUT2D eigenvalue weighted by Crippen LogP contribution is -2.05. The van der Waals surface area contributed by atoms with Gasteiger partial charge in [0.25, 0.3) is 0 Å². The molecule has 0 aliphatic carbocycles. The second kappa shape index (κ2) is 9.52. The summed E-state index contributed by atoms with van der Waals surface area (Å²) in [5.74, 6) is -0.126. The molecule has 3 heteroatoms. The fourth-order valence-electron chi connectivity index (χ4n) is 0.798. The molecule has 0 N–H and O–H groups in total. The Balaban J connectivity index is 2.95. The summed E-state index contributed by atoms with van der Waals surface area (Å²) in [5.41, 5.74) is 0. The molecular weight excluding hydrogens is 168 g/mol. The largest absolute Gasteiger partial charge is 0.466 e. The summed E-state index contributed by atoms with van der Waals surface area (Å²) in [6.07, 6.45) is 3.09. The summed E-state index contributed by atoms with van der Waals surface area (Å²) >= 11 is 0. The van der Waals surface area contributed by atoms with Crippen molar-refractivity contribution >= 4 is 5.97 Å². The van der Waals surface area contributed by atoms with E-state index in [1.165, 1.54) is 0 Å². The third-order valence-electron chi connectivity index (χ3n) is 1.52. The minimum atomic E-state index is -0.126. The molecule has 0 unspecified atom stereocenters. The average molecular weight is 187 g/mol. The number of rotatable bonds is 8. The molecule has 0 fully saturated rings. The van der Waals surface area contributed by atoms with Crippen molar-refractivity contribution in [3.63, 3.8) is 0 Å². The first-order chi connectivity index (χ1) is 6.31. The van der Waals surface area contributed by atoms with Gasteiger partial charge in [0.15, 0.2) is 0 Å². The minimum absolute atomic E-state index is 0.126. The molecule has 0 saturated carbocycles. The van der Waals surface area contributed by atoms with E-state index in [4.69, 9.17) is 9.47 Å². The van der Waals surface area contributed by atoms with E-state index in [1.54, 1.807) is 6.92 Å². The van der Waals surface area contributed by atoms with Gasteiger partial charge in [0.1, 0.15) is 0 Å². The number of hydrogen-bond donors (Lipinski definition) is 0. The average Bonchev–Trinajstić information content (AvgIpc) is 2.16. The van der Waals surface area contributed by atoms with Gasteiger partial charge in [0.2, 0.25) is 0 Å². The first-order valence-electron chi connectivity index (χ1n) is 4.83. The Morgan fingerprint density at radius 1 is 1.23 bits per heavy atom. The summed E-state index contributed by atoms with van der Waals surface area (Å²) < 4.78 is 10.1. The molecule has 0 aliphatic heterocycles. The zero-order valence-electron chi connectivity index (χ0n) is 8.38. The van der Waals surface area contributed by atoms with Crippen LogP contribution in [0.1, 0.15) is 32.6 Å². The van der Waals surface area contributed by atoms with E-state index in [0.717, 1.165) is 32.5 Å². The Bertz CT molecular complexity index is 123. The van der Waals surface area contributed by atoms with E-state index in [0.29, 0.717) is 13.0 Å². The smallest absolute Gasteiger partial charge is 0.305 e. The highest BCUT2D eigenvalue weighted by Crippen LogP contribution is 1.93. The zero-order chi connectivity index (χ0) is 9.94. The molecule has 3 nitrogen and oxygen atoms in total. The van der Waals surface area contributed by atoms with E-state index in [2.05, 4.69) is 6.92 Å². The molecule has 0 rings (SSSR count). The maximum Gasteiger partial charge on any atom is 0.305 e. The second-order valence-corrected chi connectivity index (χ2v) is 2.75. The van der Waals surface area contributed by atoms with Gasteiger partial charge in [-0.25, -0.2) is 0 Å². The fourth-order valence-corrected chi connectivity index (χ4v) is 0.798. The van der Waals surface area contributed by atoms with Crippen molar-refractivity contribution in [3.05, 3.63) is 6.92 Å². The van der Waals surface area contributed by atoms with Crippen LogP contribution in [0.25, 0.3) is 0 Å². The van der Waals surface area contributed by atoms with E-state index < -0.39 is 0 Å². The van der Waals surface area contributed by atoms with Crippen LogP contribution in [-0.4, -0.2) is 25.8 Å². The molecule has 1 radical (unpaired) electrons. The van der Waals surface area contributed by atoms with Crippen molar-refractivity contribution in [2.45, 2.75) is 32.6 Å². The Morgan fingerprint density at radius 3 is 2.54 bits per heavy atom.